The van der Waals surface area contributed by atoms with Crippen LogP contribution in [0, 0.1) is 12.8 Å². The van der Waals surface area contributed by atoms with Crippen LogP contribution in [0.15, 0.2) is 12.3 Å². The van der Waals surface area contributed by atoms with Crippen LogP contribution in [0.3, 0.4) is 0 Å². The summed E-state index contributed by atoms with van der Waals surface area (Å²) in [6, 6.07) is 1.00. The van der Waals surface area contributed by atoms with Gasteiger partial charge in [0.15, 0.2) is 5.69 Å². The number of rotatable bonds is 5. The quantitative estimate of drug-likeness (QED) is 0.872. The summed E-state index contributed by atoms with van der Waals surface area (Å²) in [6.07, 6.45) is -3.19. The molecule has 2 rings (SSSR count). The second-order valence-corrected chi connectivity index (χ2v) is 5.02. The number of hydrogen-bond acceptors (Lipinski definition) is 4. The minimum absolute atomic E-state index is 0.0434. The lowest BCUT2D eigenvalue weighted by atomic mass is 10.2. The molecular formula is C12H15F3N6O. The van der Waals surface area contributed by atoms with Crippen molar-refractivity contribution in [1.29, 1.82) is 0 Å². The molecule has 2 aromatic rings. The fraction of sp³-hybridized carbons (Fsp3) is 0.500. The maximum absolute atomic E-state index is 12.9. The van der Waals surface area contributed by atoms with Crippen molar-refractivity contribution in [3.63, 3.8) is 0 Å². The number of H-pyrrole nitrogens is 1. The molecular weight excluding hydrogens is 301 g/mol. The lowest BCUT2D eigenvalue weighted by Crippen LogP contribution is -2.31. The van der Waals surface area contributed by atoms with Crippen LogP contribution in [0.4, 0.5) is 13.2 Å². The fourth-order valence-corrected chi connectivity index (χ4v) is 1.94. The Morgan fingerprint density at radius 1 is 1.50 bits per heavy atom. The van der Waals surface area contributed by atoms with Gasteiger partial charge in [0.05, 0.1) is 11.9 Å². The number of alkyl halides is 3. The molecule has 0 bridgehead atoms. The van der Waals surface area contributed by atoms with Crippen molar-refractivity contribution >= 4 is 5.91 Å². The molecule has 0 aromatic carbocycles. The Morgan fingerprint density at radius 3 is 2.82 bits per heavy atom. The maximum atomic E-state index is 12.9. The minimum Gasteiger partial charge on any atom is -0.350 e. The third-order valence-corrected chi connectivity index (χ3v) is 2.94. The predicted octanol–water partition coefficient (Wildman–Crippen LogP) is 1.39. The van der Waals surface area contributed by atoms with Gasteiger partial charge in [-0.25, -0.2) is 0 Å². The van der Waals surface area contributed by atoms with Gasteiger partial charge in [0.1, 0.15) is 5.69 Å². The van der Waals surface area contributed by atoms with Gasteiger partial charge in [-0.3, -0.25) is 9.48 Å². The van der Waals surface area contributed by atoms with Gasteiger partial charge in [0.25, 0.3) is 5.91 Å². The van der Waals surface area contributed by atoms with Gasteiger partial charge in [0.2, 0.25) is 0 Å². The normalized spacial score (nSPS) is 13.1. The summed E-state index contributed by atoms with van der Waals surface area (Å²) >= 11 is 0. The predicted molar refractivity (Wildman–Crippen MR) is 69.8 cm³/mol. The Balaban J connectivity index is 1.95. The van der Waals surface area contributed by atoms with Crippen molar-refractivity contribution in [1.82, 2.24) is 30.5 Å². The first-order chi connectivity index (χ1) is 10.3. The highest BCUT2D eigenvalue weighted by Crippen LogP contribution is 2.30. The first kappa shape index (κ1) is 16.0. The van der Waals surface area contributed by atoms with Gasteiger partial charge in [0, 0.05) is 13.1 Å². The molecule has 0 aliphatic rings. The number of halogens is 3. The molecule has 0 radical (unpaired) electrons. The number of nitrogens with one attached hydrogen (secondary N) is 2. The van der Waals surface area contributed by atoms with Gasteiger partial charge in [-0.15, -0.1) is 0 Å². The van der Waals surface area contributed by atoms with Crippen LogP contribution < -0.4 is 5.32 Å². The molecule has 2 N–H and O–H groups in total. The van der Waals surface area contributed by atoms with Gasteiger partial charge in [-0.2, -0.15) is 33.7 Å². The number of nitrogens with zero attached hydrogens (tertiary/aromatic N) is 4. The third-order valence-electron chi connectivity index (χ3n) is 2.94. The van der Waals surface area contributed by atoms with Crippen molar-refractivity contribution in [3.05, 3.63) is 29.3 Å². The number of aryl methyl sites for hydroxylation is 1. The van der Waals surface area contributed by atoms with Crippen LogP contribution in [0.25, 0.3) is 0 Å². The molecule has 0 spiro atoms. The highest BCUT2D eigenvalue weighted by Gasteiger charge is 2.35. The van der Waals surface area contributed by atoms with E-state index in [0.717, 1.165) is 10.7 Å². The number of carbonyl (C=O) groups is 1. The number of amides is 1. The molecule has 1 amide bonds. The lowest BCUT2D eigenvalue weighted by molar-refractivity contribution is -0.144. The van der Waals surface area contributed by atoms with E-state index < -0.39 is 17.8 Å². The van der Waals surface area contributed by atoms with Gasteiger partial charge in [-0.1, -0.05) is 6.92 Å². The van der Waals surface area contributed by atoms with Gasteiger partial charge in [-0.05, 0) is 18.9 Å². The Bertz CT molecular complexity index is 634. The molecule has 0 aliphatic heterocycles. The molecule has 0 saturated heterocycles. The van der Waals surface area contributed by atoms with Crippen LogP contribution in [0.1, 0.15) is 28.8 Å². The van der Waals surface area contributed by atoms with E-state index in [1.165, 1.54) is 13.1 Å². The smallest absolute Gasteiger partial charge is 0.350 e. The van der Waals surface area contributed by atoms with E-state index >= 15 is 0 Å². The van der Waals surface area contributed by atoms with E-state index in [2.05, 4.69) is 25.8 Å². The molecule has 0 fully saturated rings. The summed E-state index contributed by atoms with van der Waals surface area (Å²) in [5.74, 6) is -0.676. The number of hydrogen-bond donors (Lipinski definition) is 2. The fourth-order valence-electron chi connectivity index (χ4n) is 1.94. The molecule has 0 unspecified atom stereocenters. The summed E-state index contributed by atoms with van der Waals surface area (Å²) in [6.45, 7) is 3.46. The SMILES string of the molecule is Cc1cc(C(F)(F)F)n(C[C@@H](C)CNC(=O)c2cn[nH]n2)n1. The molecule has 1 atom stereocenters. The van der Waals surface area contributed by atoms with E-state index in [1.54, 1.807) is 6.92 Å². The minimum atomic E-state index is -4.45. The largest absolute Gasteiger partial charge is 0.433 e. The van der Waals surface area contributed by atoms with Crippen LogP contribution >= 0.6 is 0 Å². The molecule has 7 nitrogen and oxygen atoms in total. The van der Waals surface area contributed by atoms with Crippen molar-refractivity contribution in [2.45, 2.75) is 26.6 Å². The summed E-state index contributed by atoms with van der Waals surface area (Å²) in [5, 5.41) is 15.9. The topological polar surface area (TPSA) is 88.5 Å². The van der Waals surface area contributed by atoms with E-state index in [-0.39, 0.29) is 24.7 Å². The maximum Gasteiger partial charge on any atom is 0.433 e. The standard InChI is InChI=1S/C12H15F3N6O/c1-7(4-16-11(22)9-5-17-20-18-9)6-21-10(12(13,14)15)3-8(2)19-21/h3,5,7H,4,6H2,1-2H3,(H,16,22)(H,17,18,20)/t7-/m0/s1. The zero-order chi connectivity index (χ0) is 16.3. The summed E-state index contributed by atoms with van der Waals surface area (Å²) in [5.41, 5.74) is -0.371. The van der Waals surface area contributed by atoms with Crippen LogP contribution in [-0.4, -0.2) is 37.6 Å². The Morgan fingerprint density at radius 2 is 2.23 bits per heavy atom. The molecule has 0 aliphatic carbocycles. The van der Waals surface area contributed by atoms with E-state index in [0.29, 0.717) is 5.69 Å². The summed E-state index contributed by atoms with van der Waals surface area (Å²) < 4.78 is 39.5. The van der Waals surface area contributed by atoms with E-state index in [4.69, 9.17) is 0 Å². The van der Waals surface area contributed by atoms with Crippen molar-refractivity contribution in [2.75, 3.05) is 6.54 Å². The van der Waals surface area contributed by atoms with Gasteiger partial charge >= 0.3 is 6.18 Å². The molecule has 2 heterocycles. The lowest BCUT2D eigenvalue weighted by Gasteiger charge is -2.15. The molecule has 120 valence electrons. The van der Waals surface area contributed by atoms with Crippen molar-refractivity contribution in [3.8, 4) is 0 Å². The average molecular weight is 316 g/mol. The second kappa shape index (κ2) is 6.16. The highest BCUT2D eigenvalue weighted by molar-refractivity contribution is 5.91. The van der Waals surface area contributed by atoms with Crippen LogP contribution in [-0.2, 0) is 12.7 Å². The zero-order valence-corrected chi connectivity index (χ0v) is 12.0. The number of aromatic amines is 1. The Labute approximate surface area is 123 Å². The number of aromatic nitrogens is 5. The first-order valence-corrected chi connectivity index (χ1v) is 6.53. The molecule has 22 heavy (non-hydrogen) atoms. The molecule has 2 aromatic heterocycles. The summed E-state index contributed by atoms with van der Waals surface area (Å²) in [7, 11) is 0. The van der Waals surface area contributed by atoms with Crippen LogP contribution in [0.5, 0.6) is 0 Å². The molecule has 10 heteroatoms. The third kappa shape index (κ3) is 3.83. The second-order valence-electron chi connectivity index (χ2n) is 5.02. The summed E-state index contributed by atoms with van der Waals surface area (Å²) in [4.78, 5) is 11.7. The zero-order valence-electron chi connectivity index (χ0n) is 12.0. The molecule has 0 saturated carbocycles. The highest BCUT2D eigenvalue weighted by atomic mass is 19.4. The number of carbonyl (C=O) groups excluding carboxylic acids is 1. The van der Waals surface area contributed by atoms with Crippen LogP contribution in [0.2, 0.25) is 0 Å². The van der Waals surface area contributed by atoms with Crippen molar-refractivity contribution in [2.24, 2.45) is 5.92 Å². The van der Waals surface area contributed by atoms with E-state index in [9.17, 15) is 18.0 Å². The Kier molecular flexibility index (Phi) is 4.48. The monoisotopic (exact) mass is 316 g/mol. The van der Waals surface area contributed by atoms with Gasteiger partial charge < -0.3 is 5.32 Å². The first-order valence-electron chi connectivity index (χ1n) is 6.53. The van der Waals surface area contributed by atoms with Crippen molar-refractivity contribution < 1.29 is 18.0 Å². The Hall–Kier alpha value is -2.39. The van der Waals surface area contributed by atoms with E-state index in [1.807, 2.05) is 0 Å². The average Bonchev–Trinajstić information content (AvgIpc) is 3.04.